The van der Waals surface area contributed by atoms with Gasteiger partial charge in [-0.15, -0.1) is 0 Å². The molecule has 0 aromatic heterocycles. The number of carbonyl (C=O) groups is 1. The number of rotatable bonds is 7. The molecule has 3 aromatic rings. The Bertz CT molecular complexity index is 1290. The van der Waals surface area contributed by atoms with E-state index in [2.05, 4.69) is 11.0 Å². The molecule has 0 aliphatic heterocycles. The number of hydrogen-bond donors (Lipinski definition) is 3. The summed E-state index contributed by atoms with van der Waals surface area (Å²) in [5.74, 6) is -0.930. The van der Waals surface area contributed by atoms with Gasteiger partial charge < -0.3 is 9.68 Å². The highest BCUT2D eigenvalue weighted by atomic mass is 35.5. The molecule has 0 amide bonds. The second-order valence-corrected chi connectivity index (χ2v) is 9.49. The highest BCUT2D eigenvalue weighted by molar-refractivity contribution is 7.89. The van der Waals surface area contributed by atoms with Gasteiger partial charge in [0.05, 0.1) is 16.4 Å². The third-order valence-electron chi connectivity index (χ3n) is 5.03. The van der Waals surface area contributed by atoms with Gasteiger partial charge in [-0.25, -0.2) is 29.3 Å². The molecule has 0 bridgehead atoms. The van der Waals surface area contributed by atoms with Crippen molar-refractivity contribution in [1.29, 1.82) is 0 Å². The molecule has 0 heterocycles. The number of carbonyl (C=O) groups excluding carboxylic acids is 1. The normalized spacial score (nSPS) is 11.1. The topological polar surface area (TPSA) is 120 Å². The number of sulfonamides is 1. The second-order valence-electron chi connectivity index (χ2n) is 7.55. The van der Waals surface area contributed by atoms with Crippen LogP contribution in [0.15, 0.2) is 53.4 Å². The monoisotopic (exact) mass is 489 g/mol. The largest absolute Gasteiger partial charge is 0.381 e. The summed E-state index contributed by atoms with van der Waals surface area (Å²) in [6.45, 7) is 7.49. The van der Waals surface area contributed by atoms with E-state index in [4.69, 9.17) is 26.4 Å². The molecule has 174 valence electrons. The molecule has 0 fully saturated rings. The van der Waals surface area contributed by atoms with Crippen molar-refractivity contribution in [2.45, 2.75) is 32.6 Å². The number of primary sulfonamides is 1. The van der Waals surface area contributed by atoms with Gasteiger partial charge >= 0.3 is 5.97 Å². The summed E-state index contributed by atoms with van der Waals surface area (Å²) in [5.41, 5.74) is 10.1. The van der Waals surface area contributed by atoms with E-state index >= 15 is 0 Å². The quantitative estimate of drug-likeness (QED) is 0.407. The highest BCUT2D eigenvalue weighted by Gasteiger charge is 2.24. The fraction of sp³-hybridized carbons (Fsp3) is 0.174. The van der Waals surface area contributed by atoms with E-state index in [0.29, 0.717) is 11.4 Å². The zero-order chi connectivity index (χ0) is 24.3. The Balaban J connectivity index is 1.96. The smallest absolute Gasteiger partial charge is 0.366 e. The lowest BCUT2D eigenvalue weighted by atomic mass is 10.1. The SMILES string of the molecule is Cc1cccc(C)c1NOC(=O)c1cc(S(N)(=O)=O)c(Cl)cc1ONc1c(C)cccc1C. The number of nitrogens with two attached hydrogens (primary N) is 1. The van der Waals surface area contributed by atoms with Crippen molar-refractivity contribution < 1.29 is 22.9 Å². The molecule has 0 spiro atoms. The van der Waals surface area contributed by atoms with Crippen LogP contribution in [0.2, 0.25) is 5.02 Å². The molecule has 0 saturated heterocycles. The number of para-hydroxylation sites is 2. The molecule has 3 aromatic carbocycles. The van der Waals surface area contributed by atoms with Gasteiger partial charge in [0.15, 0.2) is 5.75 Å². The van der Waals surface area contributed by atoms with Crippen LogP contribution in [0.25, 0.3) is 0 Å². The molecule has 0 radical (unpaired) electrons. The van der Waals surface area contributed by atoms with Gasteiger partial charge in [0, 0.05) is 6.07 Å². The summed E-state index contributed by atoms with van der Waals surface area (Å²) in [6, 6.07) is 13.5. The van der Waals surface area contributed by atoms with E-state index in [1.807, 2.05) is 64.1 Å². The average Bonchev–Trinajstić information content (AvgIpc) is 2.72. The first-order valence-corrected chi connectivity index (χ1v) is 11.8. The molecule has 3 rings (SSSR count). The fourth-order valence-corrected chi connectivity index (χ4v) is 4.30. The van der Waals surface area contributed by atoms with Crippen LogP contribution in [0.4, 0.5) is 11.4 Å². The predicted octanol–water partition coefficient (Wildman–Crippen LogP) is 4.81. The Kier molecular flexibility index (Phi) is 7.16. The van der Waals surface area contributed by atoms with Crippen molar-refractivity contribution in [3.8, 4) is 5.75 Å². The molecular formula is C23H24ClN3O5S. The molecular weight excluding hydrogens is 466 g/mol. The van der Waals surface area contributed by atoms with Gasteiger partial charge in [-0.05, 0) is 56.0 Å². The summed E-state index contributed by atoms with van der Waals surface area (Å²) >= 11 is 6.11. The van der Waals surface area contributed by atoms with Crippen molar-refractivity contribution in [3.63, 3.8) is 0 Å². The van der Waals surface area contributed by atoms with Gasteiger partial charge in [0.25, 0.3) is 0 Å². The summed E-state index contributed by atoms with van der Waals surface area (Å²) in [4.78, 5) is 23.4. The maximum Gasteiger partial charge on any atom is 0.366 e. The molecule has 4 N–H and O–H groups in total. The highest BCUT2D eigenvalue weighted by Crippen LogP contribution is 2.32. The first-order chi connectivity index (χ1) is 15.5. The Morgan fingerprint density at radius 1 is 0.879 bits per heavy atom. The number of hydrogen-bond acceptors (Lipinski definition) is 7. The Morgan fingerprint density at radius 3 is 1.85 bits per heavy atom. The molecule has 0 saturated carbocycles. The minimum Gasteiger partial charge on any atom is -0.381 e. The molecule has 8 nitrogen and oxygen atoms in total. The minimum atomic E-state index is -4.20. The fourth-order valence-electron chi connectivity index (χ4n) is 3.21. The van der Waals surface area contributed by atoms with E-state index in [1.54, 1.807) is 0 Å². The van der Waals surface area contributed by atoms with Crippen LogP contribution in [0.1, 0.15) is 32.6 Å². The van der Waals surface area contributed by atoms with E-state index < -0.39 is 20.9 Å². The van der Waals surface area contributed by atoms with Gasteiger partial charge in [-0.3, -0.25) is 0 Å². The molecule has 0 unspecified atom stereocenters. The van der Waals surface area contributed by atoms with Crippen LogP contribution >= 0.6 is 11.6 Å². The molecule has 10 heteroatoms. The predicted molar refractivity (Wildman–Crippen MR) is 128 cm³/mol. The standard InChI is InChI=1S/C23H24ClN3O5S/c1-13-7-5-8-14(2)21(13)26-31-19-12-18(24)20(33(25,29)30)11-17(19)23(28)32-27-22-15(3)9-6-10-16(22)4/h5-12,26-27H,1-4H3,(H2,25,29,30). The summed E-state index contributed by atoms with van der Waals surface area (Å²) in [7, 11) is -4.20. The van der Waals surface area contributed by atoms with Crippen LogP contribution in [-0.4, -0.2) is 14.4 Å². The zero-order valence-corrected chi connectivity index (χ0v) is 20.1. The number of aryl methyl sites for hydroxylation is 4. The van der Waals surface area contributed by atoms with Crippen LogP contribution in [-0.2, 0) is 14.9 Å². The number of anilines is 2. The molecule has 0 aliphatic carbocycles. The van der Waals surface area contributed by atoms with E-state index in [0.717, 1.165) is 28.3 Å². The summed E-state index contributed by atoms with van der Waals surface area (Å²) in [5, 5.41) is 5.05. The number of nitrogens with one attached hydrogen (secondary N) is 2. The summed E-state index contributed by atoms with van der Waals surface area (Å²) in [6.07, 6.45) is 0. The van der Waals surface area contributed by atoms with Crippen LogP contribution < -0.4 is 20.9 Å². The number of benzene rings is 3. The minimum absolute atomic E-state index is 0.0386. The van der Waals surface area contributed by atoms with Crippen molar-refractivity contribution in [1.82, 2.24) is 0 Å². The Morgan fingerprint density at radius 2 is 1.36 bits per heavy atom. The Hall–Kier alpha value is -3.27. The summed E-state index contributed by atoms with van der Waals surface area (Å²) < 4.78 is 23.9. The lowest BCUT2D eigenvalue weighted by molar-refractivity contribution is 0.0592. The van der Waals surface area contributed by atoms with Crippen molar-refractivity contribution in [3.05, 3.63) is 81.4 Å². The first-order valence-electron chi connectivity index (χ1n) is 9.88. The number of halogens is 1. The Labute approximate surface area is 197 Å². The van der Waals surface area contributed by atoms with E-state index in [-0.39, 0.29) is 16.3 Å². The maximum atomic E-state index is 12.9. The molecule has 33 heavy (non-hydrogen) atoms. The van der Waals surface area contributed by atoms with Gasteiger partial charge in [0.1, 0.15) is 10.5 Å². The van der Waals surface area contributed by atoms with Crippen molar-refractivity contribution in [2.24, 2.45) is 5.14 Å². The van der Waals surface area contributed by atoms with Crippen molar-refractivity contribution in [2.75, 3.05) is 11.0 Å². The van der Waals surface area contributed by atoms with Crippen LogP contribution in [0, 0.1) is 27.7 Å². The lowest BCUT2D eigenvalue weighted by Crippen LogP contribution is -2.18. The van der Waals surface area contributed by atoms with Crippen LogP contribution in [0.3, 0.4) is 0 Å². The second kappa shape index (κ2) is 9.70. The third kappa shape index (κ3) is 5.57. The van der Waals surface area contributed by atoms with Crippen LogP contribution in [0.5, 0.6) is 5.75 Å². The van der Waals surface area contributed by atoms with Crippen molar-refractivity contribution >= 4 is 39.0 Å². The van der Waals surface area contributed by atoms with E-state index in [9.17, 15) is 13.2 Å². The van der Waals surface area contributed by atoms with Gasteiger partial charge in [-0.1, -0.05) is 48.0 Å². The van der Waals surface area contributed by atoms with Gasteiger partial charge in [0.2, 0.25) is 10.0 Å². The van der Waals surface area contributed by atoms with E-state index in [1.165, 1.54) is 6.07 Å². The first kappa shape index (κ1) is 24.4. The average molecular weight is 490 g/mol. The lowest BCUT2D eigenvalue weighted by Gasteiger charge is -2.17. The maximum absolute atomic E-state index is 12.9. The zero-order valence-electron chi connectivity index (χ0n) is 18.5. The van der Waals surface area contributed by atoms with Gasteiger partial charge in [-0.2, -0.15) is 0 Å². The third-order valence-corrected chi connectivity index (χ3v) is 6.41. The molecule has 0 aliphatic rings. The molecule has 0 atom stereocenters.